The minimum absolute atomic E-state index is 0.0809. The minimum atomic E-state index is -0.103. The predicted molar refractivity (Wildman–Crippen MR) is 82.9 cm³/mol. The zero-order chi connectivity index (χ0) is 15.1. The van der Waals surface area contributed by atoms with Crippen molar-refractivity contribution < 1.29 is 9.59 Å². The van der Waals surface area contributed by atoms with Crippen LogP contribution in [0.2, 0.25) is 0 Å². The number of hydrogen-bond donors (Lipinski definition) is 2. The number of benzene rings is 1. The fourth-order valence-corrected chi connectivity index (χ4v) is 2.89. The maximum atomic E-state index is 12.0. The third-order valence-electron chi connectivity index (χ3n) is 4.27. The van der Waals surface area contributed by atoms with Crippen molar-refractivity contribution in [3.05, 3.63) is 35.9 Å². The van der Waals surface area contributed by atoms with Crippen LogP contribution in [-0.2, 0) is 4.79 Å². The van der Waals surface area contributed by atoms with Gasteiger partial charge in [0.25, 0.3) is 5.91 Å². The molecule has 0 heterocycles. The van der Waals surface area contributed by atoms with E-state index in [-0.39, 0.29) is 17.7 Å². The Kier molecular flexibility index (Phi) is 5.78. The Bertz CT molecular complexity index is 467. The molecule has 0 bridgehead atoms. The number of nitrogens with one attached hydrogen (secondary N) is 2. The summed E-state index contributed by atoms with van der Waals surface area (Å²) in [5.74, 6) is 0.616. The van der Waals surface area contributed by atoms with E-state index in [9.17, 15) is 9.59 Å². The van der Waals surface area contributed by atoms with Gasteiger partial charge in [0.05, 0.1) is 0 Å². The summed E-state index contributed by atoms with van der Waals surface area (Å²) in [5, 5.41) is 5.72. The van der Waals surface area contributed by atoms with E-state index in [4.69, 9.17) is 0 Å². The first kappa shape index (κ1) is 15.5. The average Bonchev–Trinajstić information content (AvgIpc) is 3.05. The highest BCUT2D eigenvalue weighted by Crippen LogP contribution is 2.31. The van der Waals surface area contributed by atoms with Crippen LogP contribution in [0.1, 0.15) is 43.0 Å². The Labute approximate surface area is 126 Å². The molecule has 21 heavy (non-hydrogen) atoms. The first-order valence-electron chi connectivity index (χ1n) is 7.79. The van der Waals surface area contributed by atoms with Crippen LogP contribution in [0.4, 0.5) is 0 Å². The van der Waals surface area contributed by atoms with Crippen LogP contribution in [0.5, 0.6) is 0 Å². The SMILES string of the molecule is CC(C(=O)NCCNC(=O)c1ccccc1)C1CCCC1. The molecule has 2 amide bonds. The van der Waals surface area contributed by atoms with Gasteiger partial charge in [0, 0.05) is 24.6 Å². The van der Waals surface area contributed by atoms with E-state index in [0.29, 0.717) is 24.6 Å². The fourth-order valence-electron chi connectivity index (χ4n) is 2.89. The Morgan fingerprint density at radius 1 is 1.10 bits per heavy atom. The lowest BCUT2D eigenvalue weighted by Gasteiger charge is -2.18. The van der Waals surface area contributed by atoms with E-state index in [0.717, 1.165) is 0 Å². The molecule has 1 aliphatic carbocycles. The Balaban J connectivity index is 1.65. The maximum Gasteiger partial charge on any atom is 0.251 e. The van der Waals surface area contributed by atoms with Gasteiger partial charge in [-0.2, -0.15) is 0 Å². The van der Waals surface area contributed by atoms with Crippen molar-refractivity contribution >= 4 is 11.8 Å². The van der Waals surface area contributed by atoms with Crippen molar-refractivity contribution in [3.8, 4) is 0 Å². The third kappa shape index (κ3) is 4.59. The topological polar surface area (TPSA) is 58.2 Å². The second kappa shape index (κ2) is 7.81. The lowest BCUT2D eigenvalue weighted by Crippen LogP contribution is -2.38. The Morgan fingerprint density at radius 3 is 2.38 bits per heavy atom. The molecule has 0 spiro atoms. The van der Waals surface area contributed by atoms with Crippen molar-refractivity contribution in [1.29, 1.82) is 0 Å². The number of hydrogen-bond acceptors (Lipinski definition) is 2. The highest BCUT2D eigenvalue weighted by Gasteiger charge is 2.26. The van der Waals surface area contributed by atoms with Crippen LogP contribution in [0, 0.1) is 11.8 Å². The highest BCUT2D eigenvalue weighted by molar-refractivity contribution is 5.94. The summed E-state index contributed by atoms with van der Waals surface area (Å²) in [5.41, 5.74) is 0.642. The second-order valence-electron chi connectivity index (χ2n) is 5.75. The Morgan fingerprint density at radius 2 is 1.71 bits per heavy atom. The van der Waals surface area contributed by atoms with Gasteiger partial charge in [0.15, 0.2) is 0 Å². The van der Waals surface area contributed by atoms with Crippen molar-refractivity contribution in [3.63, 3.8) is 0 Å². The molecule has 1 saturated carbocycles. The molecule has 0 saturated heterocycles. The van der Waals surface area contributed by atoms with Gasteiger partial charge < -0.3 is 10.6 Å². The van der Waals surface area contributed by atoms with Crippen LogP contribution in [0.3, 0.4) is 0 Å². The van der Waals surface area contributed by atoms with E-state index in [1.807, 2.05) is 25.1 Å². The molecule has 1 unspecified atom stereocenters. The predicted octanol–water partition coefficient (Wildman–Crippen LogP) is 2.36. The summed E-state index contributed by atoms with van der Waals surface area (Å²) in [6.45, 7) is 2.94. The van der Waals surface area contributed by atoms with Gasteiger partial charge >= 0.3 is 0 Å². The minimum Gasteiger partial charge on any atom is -0.354 e. The van der Waals surface area contributed by atoms with Crippen LogP contribution >= 0.6 is 0 Å². The molecule has 4 nitrogen and oxygen atoms in total. The quantitative estimate of drug-likeness (QED) is 0.790. The molecule has 1 aromatic rings. The molecule has 0 aromatic heterocycles. The summed E-state index contributed by atoms with van der Waals surface area (Å²) >= 11 is 0. The molecular weight excluding hydrogens is 264 g/mol. The lowest BCUT2D eigenvalue weighted by atomic mass is 9.92. The molecule has 0 aliphatic heterocycles. The van der Waals surface area contributed by atoms with Crippen LogP contribution in [0.15, 0.2) is 30.3 Å². The van der Waals surface area contributed by atoms with Crippen molar-refractivity contribution in [2.24, 2.45) is 11.8 Å². The van der Waals surface area contributed by atoms with Gasteiger partial charge in [-0.25, -0.2) is 0 Å². The Hall–Kier alpha value is -1.84. The van der Waals surface area contributed by atoms with Gasteiger partial charge in [-0.15, -0.1) is 0 Å². The van der Waals surface area contributed by atoms with Crippen LogP contribution in [-0.4, -0.2) is 24.9 Å². The van der Waals surface area contributed by atoms with Crippen molar-refractivity contribution in [2.45, 2.75) is 32.6 Å². The van der Waals surface area contributed by atoms with Crippen LogP contribution < -0.4 is 10.6 Å². The molecular formula is C17H24N2O2. The van der Waals surface area contributed by atoms with E-state index < -0.39 is 0 Å². The zero-order valence-electron chi connectivity index (χ0n) is 12.6. The largest absolute Gasteiger partial charge is 0.354 e. The first-order valence-corrected chi connectivity index (χ1v) is 7.79. The molecule has 1 aromatic carbocycles. The van der Waals surface area contributed by atoms with Gasteiger partial charge in [0.2, 0.25) is 5.91 Å². The number of carbonyl (C=O) groups excluding carboxylic acids is 2. The summed E-state index contributed by atoms with van der Waals surface area (Å²) < 4.78 is 0. The van der Waals surface area contributed by atoms with Crippen molar-refractivity contribution in [1.82, 2.24) is 10.6 Å². The smallest absolute Gasteiger partial charge is 0.251 e. The molecule has 2 rings (SSSR count). The maximum absolute atomic E-state index is 12.0. The third-order valence-corrected chi connectivity index (χ3v) is 4.27. The van der Waals surface area contributed by atoms with E-state index >= 15 is 0 Å². The van der Waals surface area contributed by atoms with E-state index in [1.165, 1.54) is 25.7 Å². The van der Waals surface area contributed by atoms with Gasteiger partial charge in [-0.05, 0) is 30.9 Å². The highest BCUT2D eigenvalue weighted by atomic mass is 16.2. The summed E-state index contributed by atoms with van der Waals surface area (Å²) in [6.07, 6.45) is 4.82. The van der Waals surface area contributed by atoms with Gasteiger partial charge in [-0.1, -0.05) is 38.0 Å². The molecule has 1 fully saturated rings. The van der Waals surface area contributed by atoms with Gasteiger partial charge in [0.1, 0.15) is 0 Å². The second-order valence-corrected chi connectivity index (χ2v) is 5.75. The standard InChI is InChI=1S/C17H24N2O2/c1-13(14-7-5-6-8-14)16(20)18-11-12-19-17(21)15-9-3-2-4-10-15/h2-4,9-10,13-14H,5-8,11-12H2,1H3,(H,18,20)(H,19,21). The number of rotatable bonds is 6. The van der Waals surface area contributed by atoms with E-state index in [1.54, 1.807) is 12.1 Å². The summed E-state index contributed by atoms with van der Waals surface area (Å²) in [7, 11) is 0. The van der Waals surface area contributed by atoms with Crippen molar-refractivity contribution in [2.75, 3.05) is 13.1 Å². The molecule has 1 atom stereocenters. The summed E-state index contributed by atoms with van der Waals surface area (Å²) in [6, 6.07) is 9.09. The first-order chi connectivity index (χ1) is 10.2. The zero-order valence-corrected chi connectivity index (χ0v) is 12.6. The number of amides is 2. The van der Waals surface area contributed by atoms with E-state index in [2.05, 4.69) is 10.6 Å². The monoisotopic (exact) mass is 288 g/mol. The molecule has 4 heteroatoms. The molecule has 0 radical (unpaired) electrons. The van der Waals surface area contributed by atoms with Crippen LogP contribution in [0.25, 0.3) is 0 Å². The molecule has 1 aliphatic rings. The van der Waals surface area contributed by atoms with Gasteiger partial charge in [-0.3, -0.25) is 9.59 Å². The summed E-state index contributed by atoms with van der Waals surface area (Å²) in [4.78, 5) is 23.8. The number of carbonyl (C=O) groups is 2. The molecule has 114 valence electrons. The average molecular weight is 288 g/mol. The molecule has 2 N–H and O–H groups in total. The lowest BCUT2D eigenvalue weighted by molar-refractivity contribution is -0.125. The fraction of sp³-hybridized carbons (Fsp3) is 0.529. The normalized spacial score (nSPS) is 16.4.